The predicted molar refractivity (Wildman–Crippen MR) is 109 cm³/mol. The van der Waals surface area contributed by atoms with Crippen LogP contribution in [0.15, 0.2) is 71.7 Å². The molecule has 2 N–H and O–H groups in total. The lowest BCUT2D eigenvalue weighted by Crippen LogP contribution is -1.92. The number of nitriles is 1. The smallest absolute Gasteiger partial charge is 0.193 e. The largest absolute Gasteiger partial charge is 0.339 e. The van der Waals surface area contributed by atoms with E-state index < -0.39 is 0 Å². The minimum absolute atomic E-state index is 0.329. The van der Waals surface area contributed by atoms with Gasteiger partial charge in [0.2, 0.25) is 0 Å². The van der Waals surface area contributed by atoms with Gasteiger partial charge >= 0.3 is 0 Å². The van der Waals surface area contributed by atoms with E-state index in [0.29, 0.717) is 22.2 Å². The van der Waals surface area contributed by atoms with Crippen LogP contribution in [-0.2, 0) is 0 Å². The summed E-state index contributed by atoms with van der Waals surface area (Å²) in [6.45, 7) is 0. The Morgan fingerprint density at radius 3 is 2.74 bits per heavy atom. The molecule has 0 saturated heterocycles. The Balaban J connectivity index is 1.66. The predicted octanol–water partition coefficient (Wildman–Crippen LogP) is 5.58. The van der Waals surface area contributed by atoms with Gasteiger partial charge in [0, 0.05) is 22.5 Å². The lowest BCUT2D eigenvalue weighted by atomic mass is 10.1. The van der Waals surface area contributed by atoms with Crippen molar-refractivity contribution in [1.82, 2.24) is 10.2 Å². The highest BCUT2D eigenvalue weighted by molar-refractivity contribution is 6.30. The van der Waals surface area contributed by atoms with Gasteiger partial charge in [-0.3, -0.25) is 5.10 Å². The number of nitrogens with zero attached hydrogens (tertiary/aromatic N) is 3. The zero-order chi connectivity index (χ0) is 18.6. The van der Waals surface area contributed by atoms with E-state index in [1.54, 1.807) is 18.3 Å². The highest BCUT2D eigenvalue weighted by Gasteiger charge is 2.12. The summed E-state index contributed by atoms with van der Waals surface area (Å²) in [6, 6.07) is 23.5. The molecule has 4 aromatic rings. The number of hydrogen-bond donors (Lipinski definition) is 2. The first-order valence-electron chi connectivity index (χ1n) is 8.27. The van der Waals surface area contributed by atoms with Gasteiger partial charge < -0.3 is 5.32 Å². The fourth-order valence-corrected chi connectivity index (χ4v) is 3.02. The number of fused-ring (bicyclic) bond motifs is 1. The summed E-state index contributed by atoms with van der Waals surface area (Å²) in [6.07, 6.45) is 1.72. The van der Waals surface area contributed by atoms with Crippen LogP contribution in [0.4, 0.5) is 17.3 Å². The van der Waals surface area contributed by atoms with Crippen molar-refractivity contribution in [3.8, 4) is 6.07 Å². The Bertz CT molecular complexity index is 1180. The van der Waals surface area contributed by atoms with Crippen LogP contribution in [-0.4, -0.2) is 16.4 Å². The van der Waals surface area contributed by atoms with Gasteiger partial charge in [0.15, 0.2) is 5.82 Å². The number of nitrogens with one attached hydrogen (secondary N) is 2. The minimum Gasteiger partial charge on any atom is -0.339 e. The van der Waals surface area contributed by atoms with Crippen molar-refractivity contribution in [2.45, 2.75) is 0 Å². The maximum absolute atomic E-state index is 9.54. The summed E-state index contributed by atoms with van der Waals surface area (Å²) >= 11 is 6.00. The summed E-state index contributed by atoms with van der Waals surface area (Å²) in [5.74, 6) is 0.805. The third kappa shape index (κ3) is 3.52. The number of anilines is 2. The second kappa shape index (κ2) is 7.32. The Labute approximate surface area is 160 Å². The normalized spacial score (nSPS) is 11.0. The maximum atomic E-state index is 9.54. The molecule has 130 valence electrons. The lowest BCUT2D eigenvalue weighted by Gasteiger charge is -2.04. The number of H-pyrrole nitrogens is 1. The zero-order valence-electron chi connectivity index (χ0n) is 14.1. The number of aromatic nitrogens is 2. The van der Waals surface area contributed by atoms with Crippen LogP contribution in [0.2, 0.25) is 5.02 Å². The molecule has 0 saturated carbocycles. The van der Waals surface area contributed by atoms with E-state index in [4.69, 9.17) is 11.6 Å². The van der Waals surface area contributed by atoms with E-state index in [2.05, 4.69) is 38.7 Å². The second-order valence-electron chi connectivity index (χ2n) is 5.87. The Hall–Kier alpha value is -3.62. The Morgan fingerprint density at radius 1 is 1.07 bits per heavy atom. The van der Waals surface area contributed by atoms with Crippen molar-refractivity contribution in [2.75, 3.05) is 5.32 Å². The molecule has 27 heavy (non-hydrogen) atoms. The maximum Gasteiger partial charge on any atom is 0.193 e. The first-order chi connectivity index (χ1) is 13.2. The molecule has 0 radical (unpaired) electrons. The van der Waals surface area contributed by atoms with Gasteiger partial charge in [-0.1, -0.05) is 60.1 Å². The zero-order valence-corrected chi connectivity index (χ0v) is 14.9. The summed E-state index contributed by atoms with van der Waals surface area (Å²) in [5, 5.41) is 22.5. The molecule has 1 heterocycles. The summed E-state index contributed by atoms with van der Waals surface area (Å²) in [4.78, 5) is 4.42. The van der Waals surface area contributed by atoms with E-state index in [0.717, 1.165) is 22.0 Å². The molecule has 0 amide bonds. The van der Waals surface area contributed by atoms with Gasteiger partial charge in [-0.15, -0.1) is 0 Å². The molecule has 3 aromatic carbocycles. The third-order valence-corrected chi connectivity index (χ3v) is 4.34. The van der Waals surface area contributed by atoms with E-state index >= 15 is 0 Å². The average molecular weight is 372 g/mol. The minimum atomic E-state index is 0.329. The van der Waals surface area contributed by atoms with Crippen LogP contribution < -0.4 is 5.32 Å². The lowest BCUT2D eigenvalue weighted by molar-refractivity contribution is 1.09. The Kier molecular flexibility index (Phi) is 4.56. The fraction of sp³-hybridized carbons (Fsp3) is 0. The van der Waals surface area contributed by atoms with Crippen LogP contribution in [0.1, 0.15) is 11.1 Å². The van der Waals surface area contributed by atoms with Gasteiger partial charge in [0.1, 0.15) is 17.5 Å². The number of hydrogen-bond acceptors (Lipinski definition) is 4. The monoisotopic (exact) mass is 371 g/mol. The average Bonchev–Trinajstić information content (AvgIpc) is 3.07. The van der Waals surface area contributed by atoms with Crippen LogP contribution in [0, 0.1) is 11.3 Å². The van der Waals surface area contributed by atoms with Gasteiger partial charge in [0.25, 0.3) is 0 Å². The fourth-order valence-electron chi connectivity index (χ4n) is 2.83. The van der Waals surface area contributed by atoms with Crippen molar-refractivity contribution in [1.29, 1.82) is 5.26 Å². The van der Waals surface area contributed by atoms with Crippen LogP contribution in [0.5, 0.6) is 0 Å². The van der Waals surface area contributed by atoms with Gasteiger partial charge in [-0.25, -0.2) is 4.99 Å². The van der Waals surface area contributed by atoms with Crippen LogP contribution in [0.3, 0.4) is 0 Å². The molecular weight excluding hydrogens is 358 g/mol. The van der Waals surface area contributed by atoms with Crippen LogP contribution >= 0.6 is 11.6 Å². The number of benzene rings is 3. The molecule has 0 aliphatic carbocycles. The van der Waals surface area contributed by atoms with E-state index in [1.165, 1.54) is 0 Å². The topological polar surface area (TPSA) is 76.9 Å². The molecule has 0 aliphatic rings. The molecule has 0 bridgehead atoms. The first-order valence-corrected chi connectivity index (χ1v) is 8.65. The molecule has 0 atom stereocenters. The SMILES string of the molecule is N#Cc1c(N=Cc2cccc3ccccc23)n[nH]c1Nc1cccc(Cl)c1. The molecule has 0 spiro atoms. The van der Waals surface area contributed by atoms with Crippen LogP contribution in [0.25, 0.3) is 10.8 Å². The molecule has 6 heteroatoms. The van der Waals surface area contributed by atoms with Gasteiger partial charge in [0.05, 0.1) is 0 Å². The van der Waals surface area contributed by atoms with Crippen molar-refractivity contribution in [3.05, 3.63) is 82.9 Å². The molecule has 0 aliphatic heterocycles. The van der Waals surface area contributed by atoms with E-state index in [-0.39, 0.29) is 0 Å². The van der Waals surface area contributed by atoms with Crippen molar-refractivity contribution in [3.63, 3.8) is 0 Å². The van der Waals surface area contributed by atoms with E-state index in [9.17, 15) is 5.26 Å². The highest BCUT2D eigenvalue weighted by atomic mass is 35.5. The van der Waals surface area contributed by atoms with Crippen molar-refractivity contribution >= 4 is 45.9 Å². The number of aliphatic imine (C=N–C) groups is 1. The number of aromatic amines is 1. The van der Waals surface area contributed by atoms with Crippen molar-refractivity contribution in [2.24, 2.45) is 4.99 Å². The van der Waals surface area contributed by atoms with Gasteiger partial charge in [-0.2, -0.15) is 10.4 Å². The molecule has 0 fully saturated rings. The quantitative estimate of drug-likeness (QED) is 0.459. The molecule has 4 rings (SSSR count). The van der Waals surface area contributed by atoms with Crippen molar-refractivity contribution < 1.29 is 0 Å². The summed E-state index contributed by atoms with van der Waals surface area (Å²) in [7, 11) is 0. The Morgan fingerprint density at radius 2 is 1.89 bits per heavy atom. The molecule has 0 unspecified atom stereocenters. The number of halogens is 1. The first kappa shape index (κ1) is 16.8. The second-order valence-corrected chi connectivity index (χ2v) is 6.31. The third-order valence-electron chi connectivity index (χ3n) is 4.10. The summed E-state index contributed by atoms with van der Waals surface area (Å²) < 4.78 is 0. The van der Waals surface area contributed by atoms with Gasteiger partial charge in [-0.05, 0) is 29.0 Å². The van der Waals surface area contributed by atoms with E-state index in [1.807, 2.05) is 42.5 Å². The standard InChI is InChI=1S/C21H14ClN5/c22-16-8-4-9-17(11-16)25-21-19(12-23)20(26-27-21)24-13-15-7-3-6-14-5-1-2-10-18(14)15/h1-11,13H,(H2,25,26,27). The highest BCUT2D eigenvalue weighted by Crippen LogP contribution is 2.27. The number of rotatable bonds is 4. The molecule has 1 aromatic heterocycles. The molecular formula is C21H14ClN5. The molecule has 5 nitrogen and oxygen atoms in total. The summed E-state index contributed by atoms with van der Waals surface area (Å²) in [5.41, 5.74) is 2.06.